The van der Waals surface area contributed by atoms with Crippen LogP contribution in [0.15, 0.2) is 46.7 Å². The third kappa shape index (κ3) is 4.69. The van der Waals surface area contributed by atoms with Gasteiger partial charge in [-0.3, -0.25) is 4.79 Å². The molecule has 1 aromatic carbocycles. The summed E-state index contributed by atoms with van der Waals surface area (Å²) in [5, 5.41) is 4.97. The standard InChI is InChI=1S/C19H24N2O4S2/c1-25-15-6-8-16(9-7-15)27(23,24)21-13-18(22)20-14-19(10-2-3-11-19)17-5-4-12-26-17/h4-9,12,21H,2-3,10-11,13-14H2,1H3,(H,20,22). The van der Waals surface area contributed by atoms with Gasteiger partial charge in [0.1, 0.15) is 5.75 Å². The van der Waals surface area contributed by atoms with Gasteiger partial charge >= 0.3 is 0 Å². The molecule has 0 atom stereocenters. The summed E-state index contributed by atoms with van der Waals surface area (Å²) < 4.78 is 32.0. The number of ether oxygens (including phenoxy) is 1. The van der Waals surface area contributed by atoms with E-state index in [-0.39, 0.29) is 22.8 Å². The number of carbonyl (C=O) groups is 1. The second kappa shape index (κ2) is 8.41. The number of nitrogens with one attached hydrogen (secondary N) is 2. The van der Waals surface area contributed by atoms with E-state index in [1.807, 2.05) is 6.07 Å². The van der Waals surface area contributed by atoms with Crippen molar-refractivity contribution in [1.29, 1.82) is 0 Å². The number of sulfonamides is 1. The van der Waals surface area contributed by atoms with Gasteiger partial charge in [0.2, 0.25) is 15.9 Å². The van der Waals surface area contributed by atoms with Crippen LogP contribution in [0.4, 0.5) is 0 Å². The van der Waals surface area contributed by atoms with Crippen LogP contribution in [0.1, 0.15) is 30.6 Å². The molecule has 1 amide bonds. The molecular weight excluding hydrogens is 384 g/mol. The summed E-state index contributed by atoms with van der Waals surface area (Å²) in [4.78, 5) is 13.6. The summed E-state index contributed by atoms with van der Waals surface area (Å²) >= 11 is 1.72. The summed E-state index contributed by atoms with van der Waals surface area (Å²) in [5.74, 6) is 0.247. The van der Waals surface area contributed by atoms with Crippen molar-refractivity contribution >= 4 is 27.3 Å². The Bertz CT molecular complexity index is 856. The van der Waals surface area contributed by atoms with Crippen LogP contribution in [0.25, 0.3) is 0 Å². The zero-order chi connectivity index (χ0) is 19.3. The van der Waals surface area contributed by atoms with Gasteiger partial charge in [0.25, 0.3) is 0 Å². The molecule has 0 bridgehead atoms. The average Bonchev–Trinajstić information content (AvgIpc) is 3.37. The minimum atomic E-state index is -3.74. The van der Waals surface area contributed by atoms with E-state index in [2.05, 4.69) is 21.5 Å². The summed E-state index contributed by atoms with van der Waals surface area (Å²) in [7, 11) is -2.23. The molecule has 0 unspecified atom stereocenters. The predicted octanol–water partition coefficient (Wildman–Crippen LogP) is 2.66. The molecule has 1 aliphatic rings. The van der Waals surface area contributed by atoms with Gasteiger partial charge in [0, 0.05) is 16.8 Å². The van der Waals surface area contributed by atoms with Crippen molar-refractivity contribution in [3.05, 3.63) is 46.7 Å². The first kappa shape index (κ1) is 19.9. The van der Waals surface area contributed by atoms with Crippen molar-refractivity contribution in [2.75, 3.05) is 20.2 Å². The molecular formula is C19H24N2O4S2. The topological polar surface area (TPSA) is 84.5 Å². The molecule has 1 heterocycles. The maximum atomic E-state index is 12.3. The Morgan fingerprint density at radius 2 is 1.89 bits per heavy atom. The monoisotopic (exact) mass is 408 g/mol. The Labute approximate surface area is 164 Å². The number of hydrogen-bond donors (Lipinski definition) is 2. The number of carbonyl (C=O) groups excluding carboxylic acids is 1. The minimum Gasteiger partial charge on any atom is -0.497 e. The van der Waals surface area contributed by atoms with E-state index in [0.29, 0.717) is 12.3 Å². The van der Waals surface area contributed by atoms with E-state index >= 15 is 0 Å². The van der Waals surface area contributed by atoms with E-state index in [9.17, 15) is 13.2 Å². The smallest absolute Gasteiger partial charge is 0.241 e. The van der Waals surface area contributed by atoms with Gasteiger partial charge in [0.15, 0.2) is 0 Å². The van der Waals surface area contributed by atoms with Crippen LogP contribution >= 0.6 is 11.3 Å². The summed E-state index contributed by atoms with van der Waals surface area (Å²) in [6.45, 7) is 0.255. The van der Waals surface area contributed by atoms with Crippen molar-refractivity contribution in [3.63, 3.8) is 0 Å². The Morgan fingerprint density at radius 3 is 2.48 bits per heavy atom. The zero-order valence-corrected chi connectivity index (χ0v) is 16.9. The molecule has 0 radical (unpaired) electrons. The van der Waals surface area contributed by atoms with Gasteiger partial charge in [-0.25, -0.2) is 13.1 Å². The van der Waals surface area contributed by atoms with Crippen LogP contribution < -0.4 is 14.8 Å². The van der Waals surface area contributed by atoms with E-state index in [0.717, 1.165) is 25.7 Å². The largest absolute Gasteiger partial charge is 0.497 e. The van der Waals surface area contributed by atoms with Crippen LogP contribution in [0.3, 0.4) is 0 Å². The SMILES string of the molecule is COc1ccc(S(=O)(=O)NCC(=O)NCC2(c3cccs3)CCCC2)cc1. The molecule has 1 fully saturated rings. The first-order chi connectivity index (χ1) is 13.0. The quantitative estimate of drug-likeness (QED) is 0.703. The molecule has 8 heteroatoms. The number of benzene rings is 1. The van der Waals surface area contributed by atoms with E-state index in [1.54, 1.807) is 23.5 Å². The fraction of sp³-hybridized carbons (Fsp3) is 0.421. The third-order valence-electron chi connectivity index (χ3n) is 5.02. The molecule has 0 spiro atoms. The maximum absolute atomic E-state index is 12.3. The first-order valence-corrected chi connectivity index (χ1v) is 11.3. The molecule has 1 aromatic heterocycles. The lowest BCUT2D eigenvalue weighted by Crippen LogP contribution is -2.43. The van der Waals surface area contributed by atoms with Crippen molar-refractivity contribution in [3.8, 4) is 5.75 Å². The Morgan fingerprint density at radius 1 is 1.19 bits per heavy atom. The lowest BCUT2D eigenvalue weighted by atomic mass is 9.84. The van der Waals surface area contributed by atoms with Crippen LogP contribution in [-0.4, -0.2) is 34.5 Å². The number of hydrogen-bond acceptors (Lipinski definition) is 5. The highest BCUT2D eigenvalue weighted by molar-refractivity contribution is 7.89. The highest BCUT2D eigenvalue weighted by Gasteiger charge is 2.36. The molecule has 27 heavy (non-hydrogen) atoms. The van der Waals surface area contributed by atoms with Crippen molar-refractivity contribution in [2.45, 2.75) is 36.0 Å². The fourth-order valence-corrected chi connectivity index (χ4v) is 5.44. The van der Waals surface area contributed by atoms with Crippen molar-refractivity contribution in [2.24, 2.45) is 0 Å². The highest BCUT2D eigenvalue weighted by Crippen LogP contribution is 2.42. The first-order valence-electron chi connectivity index (χ1n) is 8.90. The summed E-state index contributed by atoms with van der Waals surface area (Å²) in [6.07, 6.45) is 4.40. The zero-order valence-electron chi connectivity index (χ0n) is 15.2. The van der Waals surface area contributed by atoms with Gasteiger partial charge in [-0.05, 0) is 48.6 Å². The molecule has 1 aliphatic carbocycles. The van der Waals surface area contributed by atoms with Crippen LogP contribution in [0, 0.1) is 0 Å². The number of methoxy groups -OCH3 is 1. The molecule has 2 N–H and O–H groups in total. The molecule has 6 nitrogen and oxygen atoms in total. The minimum absolute atomic E-state index is 0.0152. The van der Waals surface area contributed by atoms with Crippen molar-refractivity contribution < 1.29 is 17.9 Å². The van der Waals surface area contributed by atoms with Gasteiger partial charge in [-0.15, -0.1) is 11.3 Å². The molecule has 1 saturated carbocycles. The molecule has 146 valence electrons. The van der Waals surface area contributed by atoms with Crippen LogP contribution in [-0.2, 0) is 20.2 Å². The molecule has 2 aromatic rings. The van der Waals surface area contributed by atoms with Crippen LogP contribution in [0.2, 0.25) is 0 Å². The normalized spacial score (nSPS) is 16.2. The van der Waals surface area contributed by atoms with Crippen LogP contribution in [0.5, 0.6) is 5.75 Å². The second-order valence-electron chi connectivity index (χ2n) is 6.74. The van der Waals surface area contributed by atoms with E-state index in [1.165, 1.54) is 24.1 Å². The number of rotatable bonds is 8. The Hall–Kier alpha value is -1.90. The lowest BCUT2D eigenvalue weighted by molar-refractivity contribution is -0.120. The van der Waals surface area contributed by atoms with Gasteiger partial charge in [-0.2, -0.15) is 0 Å². The Kier molecular flexibility index (Phi) is 6.18. The number of amides is 1. The second-order valence-corrected chi connectivity index (χ2v) is 9.46. The summed E-state index contributed by atoms with van der Waals surface area (Å²) in [5.41, 5.74) is -0.0152. The van der Waals surface area contributed by atoms with E-state index < -0.39 is 10.0 Å². The predicted molar refractivity (Wildman–Crippen MR) is 106 cm³/mol. The third-order valence-corrected chi connectivity index (χ3v) is 7.55. The number of thiophene rings is 1. The Balaban J connectivity index is 1.56. The molecule has 0 saturated heterocycles. The lowest BCUT2D eigenvalue weighted by Gasteiger charge is -2.28. The molecule has 3 rings (SSSR count). The molecule has 0 aliphatic heterocycles. The van der Waals surface area contributed by atoms with Gasteiger partial charge in [-0.1, -0.05) is 18.9 Å². The summed E-state index contributed by atoms with van der Waals surface area (Å²) in [6, 6.07) is 10.2. The highest BCUT2D eigenvalue weighted by atomic mass is 32.2. The van der Waals surface area contributed by atoms with Crippen molar-refractivity contribution in [1.82, 2.24) is 10.0 Å². The van der Waals surface area contributed by atoms with Gasteiger partial charge < -0.3 is 10.1 Å². The van der Waals surface area contributed by atoms with Gasteiger partial charge in [0.05, 0.1) is 18.6 Å². The van der Waals surface area contributed by atoms with E-state index in [4.69, 9.17) is 4.74 Å². The fourth-order valence-electron chi connectivity index (χ4n) is 3.47. The maximum Gasteiger partial charge on any atom is 0.241 e. The average molecular weight is 409 g/mol.